The number of β-amino-alcohol motifs (C(OH)–C–C–N with tert-alkyl or cyclic N) is 1. The normalized spacial score (nSPS) is 14.0. The van der Waals surface area contributed by atoms with Gasteiger partial charge in [-0.05, 0) is 26.2 Å². The summed E-state index contributed by atoms with van der Waals surface area (Å²) in [7, 11) is 4.80. The summed E-state index contributed by atoms with van der Waals surface area (Å²) in [4.78, 5) is 39.8. The molecule has 0 atom stereocenters. The second-order valence-electron chi connectivity index (χ2n) is 6.25. The second kappa shape index (κ2) is 9.15. The third-order valence-corrected chi connectivity index (χ3v) is 3.87. The average Bonchev–Trinajstić information content (AvgIpc) is 2.92. The molecule has 0 saturated heterocycles. The molecule has 27 heavy (non-hydrogen) atoms. The highest BCUT2D eigenvalue weighted by Crippen LogP contribution is 2.27. The molecule has 0 spiro atoms. The summed E-state index contributed by atoms with van der Waals surface area (Å²) in [6, 6.07) is 6.88. The van der Waals surface area contributed by atoms with Gasteiger partial charge in [0.15, 0.2) is 0 Å². The largest absolute Gasteiger partial charge is 0.466 e. The predicted molar refractivity (Wildman–Crippen MR) is 100.0 cm³/mol. The van der Waals surface area contributed by atoms with Crippen molar-refractivity contribution in [2.24, 2.45) is 0 Å². The van der Waals surface area contributed by atoms with Crippen LogP contribution in [0.5, 0.6) is 0 Å². The molecular formula is C18H24N4O5. The van der Waals surface area contributed by atoms with Crippen molar-refractivity contribution in [3.05, 3.63) is 35.5 Å². The zero-order chi connectivity index (χ0) is 20.0. The maximum absolute atomic E-state index is 12.6. The first-order chi connectivity index (χ1) is 12.9. The number of esters is 1. The van der Waals surface area contributed by atoms with E-state index in [9.17, 15) is 14.4 Å². The van der Waals surface area contributed by atoms with Crippen LogP contribution in [-0.4, -0.2) is 80.1 Å². The van der Waals surface area contributed by atoms with Crippen molar-refractivity contribution in [1.82, 2.24) is 9.80 Å². The molecule has 0 bridgehead atoms. The minimum atomic E-state index is -0.625. The molecule has 1 aromatic rings. The van der Waals surface area contributed by atoms with Crippen LogP contribution in [0.4, 0.5) is 11.4 Å². The molecule has 0 aliphatic carbocycles. The van der Waals surface area contributed by atoms with Gasteiger partial charge < -0.3 is 30.3 Å². The van der Waals surface area contributed by atoms with Crippen LogP contribution in [0.2, 0.25) is 0 Å². The van der Waals surface area contributed by atoms with E-state index in [2.05, 4.69) is 10.6 Å². The topological polar surface area (TPSA) is 111 Å². The molecule has 0 saturated carbocycles. The van der Waals surface area contributed by atoms with Crippen LogP contribution in [0, 0.1) is 0 Å². The Morgan fingerprint density at radius 3 is 2.52 bits per heavy atom. The van der Waals surface area contributed by atoms with Crippen LogP contribution < -0.4 is 10.6 Å². The number of hydrogen-bond acceptors (Lipinski definition) is 7. The first-order valence-electron chi connectivity index (χ1n) is 8.39. The summed E-state index contributed by atoms with van der Waals surface area (Å²) in [6.45, 7) is 0.133. The summed E-state index contributed by atoms with van der Waals surface area (Å²) in [5, 5.41) is 14.8. The van der Waals surface area contributed by atoms with Gasteiger partial charge in [-0.1, -0.05) is 12.1 Å². The lowest BCUT2D eigenvalue weighted by Gasteiger charge is -2.17. The van der Waals surface area contributed by atoms with E-state index in [4.69, 9.17) is 9.84 Å². The highest BCUT2D eigenvalue weighted by molar-refractivity contribution is 6.09. The summed E-state index contributed by atoms with van der Waals surface area (Å²) in [6.07, 6.45) is 0. The molecule has 9 nitrogen and oxygen atoms in total. The van der Waals surface area contributed by atoms with Crippen LogP contribution >= 0.6 is 0 Å². The molecular weight excluding hydrogens is 352 g/mol. The Labute approximate surface area is 157 Å². The Kier molecular flexibility index (Phi) is 6.91. The zero-order valence-electron chi connectivity index (χ0n) is 15.6. The van der Waals surface area contributed by atoms with Crippen molar-refractivity contribution in [3.63, 3.8) is 0 Å². The molecule has 0 radical (unpaired) electrons. The first kappa shape index (κ1) is 20.4. The number of nitrogens with zero attached hydrogens (tertiary/aromatic N) is 2. The number of anilines is 2. The molecule has 3 N–H and O–H groups in total. The SMILES string of the molecule is COC(=O)C1=C(Nc2ccccc2NC(=O)CN(C)C)C(=O)N(CCO)C1. The number of para-hydroxylation sites is 2. The van der Waals surface area contributed by atoms with E-state index in [1.165, 1.54) is 12.0 Å². The molecule has 0 fully saturated rings. The van der Waals surface area contributed by atoms with E-state index in [1.807, 2.05) is 0 Å². The van der Waals surface area contributed by atoms with Crippen LogP contribution in [0.25, 0.3) is 0 Å². The fourth-order valence-corrected chi connectivity index (χ4v) is 2.66. The minimum absolute atomic E-state index is 0.0452. The molecule has 1 aliphatic rings. The number of amides is 2. The van der Waals surface area contributed by atoms with E-state index < -0.39 is 11.9 Å². The second-order valence-corrected chi connectivity index (χ2v) is 6.25. The third-order valence-electron chi connectivity index (χ3n) is 3.87. The smallest absolute Gasteiger partial charge is 0.337 e. The van der Waals surface area contributed by atoms with E-state index in [0.717, 1.165) is 0 Å². The Balaban J connectivity index is 2.29. The number of hydrogen-bond donors (Lipinski definition) is 3. The molecule has 9 heteroatoms. The van der Waals surface area contributed by atoms with Gasteiger partial charge in [-0.15, -0.1) is 0 Å². The first-order valence-corrected chi connectivity index (χ1v) is 8.39. The van der Waals surface area contributed by atoms with Crippen molar-refractivity contribution in [2.45, 2.75) is 0 Å². The van der Waals surface area contributed by atoms with Gasteiger partial charge in [0.25, 0.3) is 5.91 Å². The lowest BCUT2D eigenvalue weighted by atomic mass is 10.2. The number of nitrogens with one attached hydrogen (secondary N) is 2. The number of methoxy groups -OCH3 is 1. The highest BCUT2D eigenvalue weighted by Gasteiger charge is 2.34. The van der Waals surface area contributed by atoms with Gasteiger partial charge >= 0.3 is 5.97 Å². The Morgan fingerprint density at radius 1 is 1.26 bits per heavy atom. The van der Waals surface area contributed by atoms with E-state index in [-0.39, 0.29) is 43.4 Å². The molecule has 1 aromatic carbocycles. The third kappa shape index (κ3) is 5.05. The quantitative estimate of drug-likeness (QED) is 0.542. The summed E-state index contributed by atoms with van der Waals surface area (Å²) < 4.78 is 4.76. The average molecular weight is 376 g/mol. The fourth-order valence-electron chi connectivity index (χ4n) is 2.66. The minimum Gasteiger partial charge on any atom is -0.466 e. The van der Waals surface area contributed by atoms with Gasteiger partial charge in [0.1, 0.15) is 5.70 Å². The van der Waals surface area contributed by atoms with E-state index in [1.54, 1.807) is 43.3 Å². The number of ether oxygens (including phenoxy) is 1. The van der Waals surface area contributed by atoms with Gasteiger partial charge in [0.2, 0.25) is 5.91 Å². The number of likely N-dealkylation sites (N-methyl/N-ethyl adjacent to an activating group) is 1. The molecule has 1 heterocycles. The number of aliphatic hydroxyl groups excluding tert-OH is 1. The molecule has 2 amide bonds. The van der Waals surface area contributed by atoms with Crippen LogP contribution in [0.15, 0.2) is 35.5 Å². The maximum atomic E-state index is 12.6. The number of carbonyl (C=O) groups excluding carboxylic acids is 3. The Morgan fingerprint density at radius 2 is 1.93 bits per heavy atom. The van der Waals surface area contributed by atoms with E-state index in [0.29, 0.717) is 11.4 Å². The van der Waals surface area contributed by atoms with Crippen molar-refractivity contribution in [3.8, 4) is 0 Å². The van der Waals surface area contributed by atoms with E-state index >= 15 is 0 Å². The summed E-state index contributed by atoms with van der Waals surface area (Å²) in [5.41, 5.74) is 1.20. The molecule has 2 rings (SSSR count). The summed E-state index contributed by atoms with van der Waals surface area (Å²) >= 11 is 0. The lowest BCUT2D eigenvalue weighted by molar-refractivity contribution is -0.136. The van der Waals surface area contributed by atoms with Crippen LogP contribution in [0.1, 0.15) is 0 Å². The fraction of sp³-hybridized carbons (Fsp3) is 0.389. The van der Waals surface area contributed by atoms with Gasteiger partial charge in [-0.25, -0.2) is 4.79 Å². The van der Waals surface area contributed by atoms with Crippen molar-refractivity contribution >= 4 is 29.2 Å². The number of benzene rings is 1. The number of aliphatic hydroxyl groups is 1. The van der Waals surface area contributed by atoms with Crippen LogP contribution in [0.3, 0.4) is 0 Å². The number of rotatable bonds is 8. The van der Waals surface area contributed by atoms with Gasteiger partial charge in [0, 0.05) is 6.54 Å². The predicted octanol–water partition coefficient (Wildman–Crippen LogP) is -0.140. The maximum Gasteiger partial charge on any atom is 0.337 e. The molecule has 1 aliphatic heterocycles. The van der Waals surface area contributed by atoms with Crippen molar-refractivity contribution in [1.29, 1.82) is 0 Å². The summed E-state index contributed by atoms with van der Waals surface area (Å²) in [5.74, 6) is -1.25. The Bertz CT molecular complexity index is 760. The van der Waals surface area contributed by atoms with Crippen LogP contribution in [-0.2, 0) is 19.1 Å². The Hall–Kier alpha value is -2.91. The standard InChI is InChI=1S/C18H24N4O5/c1-21(2)11-15(24)19-13-6-4-5-7-14(13)20-16-12(18(26)27-3)10-22(8-9-23)17(16)25/h4-7,20,23H,8-11H2,1-3H3,(H,19,24). The lowest BCUT2D eigenvalue weighted by Crippen LogP contribution is -2.31. The van der Waals surface area contributed by atoms with Gasteiger partial charge in [-0.2, -0.15) is 0 Å². The molecule has 0 unspecified atom stereocenters. The zero-order valence-corrected chi connectivity index (χ0v) is 15.6. The van der Waals surface area contributed by atoms with Crippen molar-refractivity contribution < 1.29 is 24.2 Å². The van der Waals surface area contributed by atoms with Gasteiger partial charge in [0.05, 0.1) is 43.8 Å². The van der Waals surface area contributed by atoms with Crippen molar-refractivity contribution in [2.75, 3.05) is 58.1 Å². The van der Waals surface area contributed by atoms with Gasteiger partial charge in [-0.3, -0.25) is 9.59 Å². The molecule has 146 valence electrons. The highest BCUT2D eigenvalue weighted by atomic mass is 16.5. The monoisotopic (exact) mass is 376 g/mol. The number of carbonyl (C=O) groups is 3. The molecule has 0 aromatic heterocycles.